The van der Waals surface area contributed by atoms with Crippen LogP contribution in [-0.4, -0.2) is 23.8 Å². The van der Waals surface area contributed by atoms with Crippen LogP contribution in [0, 0.1) is 10.1 Å². The summed E-state index contributed by atoms with van der Waals surface area (Å²) >= 11 is 3.34. The Labute approximate surface area is 145 Å². The first kappa shape index (κ1) is 16.1. The number of amides is 2. The van der Waals surface area contributed by atoms with Crippen molar-refractivity contribution in [1.82, 2.24) is 0 Å². The van der Waals surface area contributed by atoms with Gasteiger partial charge in [0.15, 0.2) is 0 Å². The van der Waals surface area contributed by atoms with E-state index in [0.717, 1.165) is 0 Å². The summed E-state index contributed by atoms with van der Waals surface area (Å²) in [6, 6.07) is 11.1. The van der Waals surface area contributed by atoms with E-state index >= 15 is 0 Å². The summed E-state index contributed by atoms with van der Waals surface area (Å²) < 4.78 is 0.695. The van der Waals surface area contributed by atoms with Crippen LogP contribution in [0.25, 0.3) is 0 Å². The number of carbonyl (C=O) groups excluding carboxylic acids is 2. The number of anilines is 3. The molecule has 0 saturated carbocycles. The minimum atomic E-state index is -0.545. The van der Waals surface area contributed by atoms with E-state index in [1.165, 1.54) is 28.0 Å². The maximum atomic E-state index is 12.7. The van der Waals surface area contributed by atoms with Crippen molar-refractivity contribution >= 4 is 50.5 Å². The number of nitro benzene ring substituents is 1. The van der Waals surface area contributed by atoms with Crippen molar-refractivity contribution in [1.29, 1.82) is 0 Å². The summed E-state index contributed by atoms with van der Waals surface area (Å²) in [5.74, 6) is -0.886. The Bertz CT molecular complexity index is 868. The van der Waals surface area contributed by atoms with Crippen LogP contribution in [0.1, 0.15) is 6.42 Å². The number of benzene rings is 2. The fraction of sp³-hybridized carbons (Fsp3) is 0.125. The fourth-order valence-electron chi connectivity index (χ4n) is 2.63. The normalized spacial score (nSPS) is 14.4. The third-order valence-electron chi connectivity index (χ3n) is 3.79. The summed E-state index contributed by atoms with van der Waals surface area (Å²) in [7, 11) is 1.57. The minimum absolute atomic E-state index is 0.134. The summed E-state index contributed by atoms with van der Waals surface area (Å²) in [5, 5.41) is 11.3. The lowest BCUT2D eigenvalue weighted by molar-refractivity contribution is -0.384. The molecule has 0 spiro atoms. The SMILES string of the molecule is CN1C(=O)CC(=O)N(c2ccccc2[N+](=O)[O-])c2cc(Br)ccc21. The zero-order chi connectivity index (χ0) is 17.4. The predicted molar refractivity (Wildman–Crippen MR) is 92.4 cm³/mol. The standard InChI is InChI=1S/C16H12BrN3O4/c1-18-11-7-6-10(17)8-14(11)19(16(22)9-15(18)21)12-4-2-3-5-13(12)20(23)24/h2-8H,9H2,1H3. The third-order valence-corrected chi connectivity index (χ3v) is 4.28. The largest absolute Gasteiger partial charge is 0.313 e. The molecule has 2 amide bonds. The van der Waals surface area contributed by atoms with E-state index in [1.807, 2.05) is 0 Å². The van der Waals surface area contributed by atoms with Gasteiger partial charge in [0.2, 0.25) is 11.8 Å². The smallest absolute Gasteiger partial charge is 0.293 e. The number of rotatable bonds is 2. The average Bonchev–Trinajstić information content (AvgIpc) is 2.62. The second-order valence-electron chi connectivity index (χ2n) is 5.24. The van der Waals surface area contributed by atoms with Crippen LogP contribution in [0.5, 0.6) is 0 Å². The van der Waals surface area contributed by atoms with Gasteiger partial charge in [0.05, 0.1) is 16.3 Å². The lowest BCUT2D eigenvalue weighted by Crippen LogP contribution is -2.29. The maximum Gasteiger partial charge on any atom is 0.293 e. The highest BCUT2D eigenvalue weighted by atomic mass is 79.9. The number of hydrogen-bond acceptors (Lipinski definition) is 4. The molecule has 1 aliphatic rings. The first-order chi connectivity index (χ1) is 11.4. The van der Waals surface area contributed by atoms with Crippen LogP contribution in [0.2, 0.25) is 0 Å². The summed E-state index contributed by atoms with van der Waals surface area (Å²) in [4.78, 5) is 38.3. The van der Waals surface area contributed by atoms with Gasteiger partial charge in [-0.2, -0.15) is 0 Å². The van der Waals surface area contributed by atoms with Gasteiger partial charge < -0.3 is 4.90 Å². The van der Waals surface area contributed by atoms with E-state index < -0.39 is 10.8 Å². The monoisotopic (exact) mass is 389 g/mol. The molecule has 2 aromatic carbocycles. The van der Waals surface area contributed by atoms with Crippen molar-refractivity contribution in [2.75, 3.05) is 16.8 Å². The Balaban J connectivity index is 2.29. The van der Waals surface area contributed by atoms with E-state index in [1.54, 1.807) is 31.3 Å². The van der Waals surface area contributed by atoms with Gasteiger partial charge in [0.25, 0.3) is 5.69 Å². The zero-order valence-electron chi connectivity index (χ0n) is 12.6. The van der Waals surface area contributed by atoms with Gasteiger partial charge >= 0.3 is 0 Å². The van der Waals surface area contributed by atoms with Gasteiger partial charge in [0.1, 0.15) is 12.1 Å². The van der Waals surface area contributed by atoms with Gasteiger partial charge in [-0.25, -0.2) is 0 Å². The van der Waals surface area contributed by atoms with E-state index in [0.29, 0.717) is 15.8 Å². The van der Waals surface area contributed by atoms with Crippen LogP contribution in [-0.2, 0) is 9.59 Å². The van der Waals surface area contributed by atoms with Crippen molar-refractivity contribution in [3.63, 3.8) is 0 Å². The fourth-order valence-corrected chi connectivity index (χ4v) is 2.98. The molecule has 122 valence electrons. The number of hydrogen-bond donors (Lipinski definition) is 0. The summed E-state index contributed by atoms with van der Waals surface area (Å²) in [6.45, 7) is 0. The van der Waals surface area contributed by atoms with Gasteiger partial charge in [-0.1, -0.05) is 28.1 Å². The van der Waals surface area contributed by atoms with Crippen molar-refractivity contribution in [3.05, 3.63) is 57.1 Å². The molecule has 1 heterocycles. The predicted octanol–water partition coefficient (Wildman–Crippen LogP) is 3.39. The topological polar surface area (TPSA) is 83.8 Å². The quantitative estimate of drug-likeness (QED) is 0.447. The average molecular weight is 390 g/mol. The Morgan fingerprint density at radius 2 is 1.75 bits per heavy atom. The van der Waals surface area contributed by atoms with Crippen LogP contribution in [0.4, 0.5) is 22.7 Å². The lowest BCUT2D eigenvalue weighted by atomic mass is 10.2. The number of nitro groups is 1. The van der Waals surface area contributed by atoms with Crippen LogP contribution in [0.15, 0.2) is 46.9 Å². The Morgan fingerprint density at radius 3 is 2.46 bits per heavy atom. The van der Waals surface area contributed by atoms with Crippen molar-refractivity contribution in [3.8, 4) is 0 Å². The van der Waals surface area contributed by atoms with Crippen LogP contribution < -0.4 is 9.80 Å². The van der Waals surface area contributed by atoms with Crippen molar-refractivity contribution in [2.45, 2.75) is 6.42 Å². The highest BCUT2D eigenvalue weighted by Crippen LogP contribution is 2.42. The van der Waals surface area contributed by atoms with Crippen LogP contribution in [0.3, 0.4) is 0 Å². The molecule has 0 unspecified atom stereocenters. The van der Waals surface area contributed by atoms with E-state index in [9.17, 15) is 19.7 Å². The maximum absolute atomic E-state index is 12.7. The Morgan fingerprint density at radius 1 is 1.04 bits per heavy atom. The van der Waals surface area contributed by atoms with E-state index in [4.69, 9.17) is 0 Å². The first-order valence-electron chi connectivity index (χ1n) is 7.02. The molecule has 8 heteroatoms. The number of fused-ring (bicyclic) bond motifs is 1. The second kappa shape index (κ2) is 6.04. The molecule has 0 aromatic heterocycles. The van der Waals surface area contributed by atoms with Gasteiger partial charge in [-0.3, -0.25) is 24.6 Å². The minimum Gasteiger partial charge on any atom is -0.313 e. The molecule has 2 aromatic rings. The first-order valence-corrected chi connectivity index (χ1v) is 7.82. The van der Waals surface area contributed by atoms with Gasteiger partial charge in [0, 0.05) is 17.6 Å². The Kier molecular flexibility index (Phi) is 4.06. The summed E-state index contributed by atoms with van der Waals surface area (Å²) in [5.41, 5.74) is 0.855. The number of nitrogens with zero attached hydrogens (tertiary/aromatic N) is 3. The Hall–Kier alpha value is -2.74. The van der Waals surface area contributed by atoms with Gasteiger partial charge in [-0.15, -0.1) is 0 Å². The molecule has 0 bridgehead atoms. The number of carbonyl (C=O) groups is 2. The highest BCUT2D eigenvalue weighted by Gasteiger charge is 2.33. The molecular weight excluding hydrogens is 378 g/mol. The molecule has 0 fully saturated rings. The molecule has 1 aliphatic heterocycles. The summed E-state index contributed by atoms with van der Waals surface area (Å²) in [6.07, 6.45) is -0.366. The third kappa shape index (κ3) is 2.65. The molecule has 24 heavy (non-hydrogen) atoms. The van der Waals surface area contributed by atoms with Crippen LogP contribution >= 0.6 is 15.9 Å². The molecule has 0 atom stereocenters. The molecule has 0 aliphatic carbocycles. The molecular formula is C16H12BrN3O4. The molecule has 3 rings (SSSR count). The highest BCUT2D eigenvalue weighted by molar-refractivity contribution is 9.10. The van der Waals surface area contributed by atoms with Gasteiger partial charge in [-0.05, 0) is 24.3 Å². The molecule has 0 radical (unpaired) electrons. The van der Waals surface area contributed by atoms with Crippen molar-refractivity contribution in [2.24, 2.45) is 0 Å². The van der Waals surface area contributed by atoms with E-state index in [-0.39, 0.29) is 23.7 Å². The molecule has 7 nitrogen and oxygen atoms in total. The number of para-hydroxylation sites is 2. The van der Waals surface area contributed by atoms with E-state index in [2.05, 4.69) is 15.9 Å². The molecule has 0 saturated heterocycles. The lowest BCUT2D eigenvalue weighted by Gasteiger charge is -2.23. The molecule has 0 N–H and O–H groups in total. The van der Waals surface area contributed by atoms with Crippen molar-refractivity contribution < 1.29 is 14.5 Å². The second-order valence-corrected chi connectivity index (χ2v) is 6.15. The zero-order valence-corrected chi connectivity index (χ0v) is 14.2. The number of halogens is 1.